The monoisotopic (exact) mass is 374 g/mol. The Balaban J connectivity index is 1.57. The third-order valence-electron chi connectivity index (χ3n) is 4.54. The fourth-order valence-corrected chi connectivity index (χ4v) is 3.79. The minimum Gasteiger partial charge on any atom is -0.342 e. The van der Waals surface area contributed by atoms with Gasteiger partial charge in [0, 0.05) is 19.6 Å². The van der Waals surface area contributed by atoms with Gasteiger partial charge in [0.25, 0.3) is 0 Å². The Bertz CT molecular complexity index is 767. The quantitative estimate of drug-likeness (QED) is 0.649. The lowest BCUT2D eigenvalue weighted by Crippen LogP contribution is -2.35. The minimum atomic E-state index is -0.223. The number of nitrogens with zero attached hydrogens (tertiary/aromatic N) is 3. The molecular weight excluding hydrogens is 348 g/mol. The van der Waals surface area contributed by atoms with Gasteiger partial charge >= 0.3 is 5.69 Å². The molecule has 1 aromatic heterocycles. The molecule has 1 fully saturated rings. The maximum absolute atomic E-state index is 12.5. The molecule has 26 heavy (non-hydrogen) atoms. The smallest absolute Gasteiger partial charge is 0.342 e. The van der Waals surface area contributed by atoms with Gasteiger partial charge in [0.15, 0.2) is 5.16 Å². The van der Waals surface area contributed by atoms with E-state index in [-0.39, 0.29) is 11.6 Å². The van der Waals surface area contributed by atoms with Crippen molar-refractivity contribution in [2.45, 2.75) is 44.3 Å². The first-order valence-corrected chi connectivity index (χ1v) is 10.3. The molecule has 1 saturated carbocycles. The zero-order valence-electron chi connectivity index (χ0n) is 15.2. The average Bonchev–Trinajstić information content (AvgIpc) is 3.40. The maximum atomic E-state index is 12.5. The summed E-state index contributed by atoms with van der Waals surface area (Å²) in [6, 6.07) is 10.0. The highest BCUT2D eigenvalue weighted by atomic mass is 32.2. The van der Waals surface area contributed by atoms with Crippen LogP contribution in [0.4, 0.5) is 0 Å². The first-order valence-electron chi connectivity index (χ1n) is 9.27. The first-order chi connectivity index (χ1) is 12.7. The summed E-state index contributed by atoms with van der Waals surface area (Å²) in [7, 11) is 0. The molecule has 0 saturated heterocycles. The predicted octanol–water partition coefficient (Wildman–Crippen LogP) is 2.55. The van der Waals surface area contributed by atoms with E-state index in [4.69, 9.17) is 0 Å². The summed E-state index contributed by atoms with van der Waals surface area (Å²) in [5.41, 5.74) is 0.949. The van der Waals surface area contributed by atoms with Gasteiger partial charge in [-0.25, -0.2) is 9.89 Å². The molecule has 0 bridgehead atoms. The van der Waals surface area contributed by atoms with Crippen molar-refractivity contribution in [1.82, 2.24) is 19.7 Å². The molecule has 2 aromatic rings. The van der Waals surface area contributed by atoms with E-state index in [2.05, 4.69) is 17.1 Å². The molecule has 1 heterocycles. The Morgan fingerprint density at radius 3 is 2.81 bits per heavy atom. The second kappa shape index (κ2) is 9.07. The van der Waals surface area contributed by atoms with Gasteiger partial charge in [0.2, 0.25) is 5.91 Å². The van der Waals surface area contributed by atoms with Gasteiger partial charge < -0.3 is 4.90 Å². The third-order valence-corrected chi connectivity index (χ3v) is 5.50. The van der Waals surface area contributed by atoms with E-state index in [1.54, 1.807) is 4.57 Å². The normalized spacial score (nSPS) is 13.7. The lowest BCUT2D eigenvalue weighted by Gasteiger charge is -2.21. The number of hydrogen-bond donors (Lipinski definition) is 1. The van der Waals surface area contributed by atoms with Crippen LogP contribution in [0.2, 0.25) is 0 Å². The molecule has 1 aliphatic carbocycles. The number of amides is 1. The summed E-state index contributed by atoms with van der Waals surface area (Å²) >= 11 is 1.34. The van der Waals surface area contributed by atoms with Crippen LogP contribution >= 0.6 is 11.8 Å². The van der Waals surface area contributed by atoms with Crippen molar-refractivity contribution in [3.63, 3.8) is 0 Å². The van der Waals surface area contributed by atoms with Crippen molar-refractivity contribution < 1.29 is 4.79 Å². The van der Waals surface area contributed by atoms with E-state index in [9.17, 15) is 9.59 Å². The van der Waals surface area contributed by atoms with Crippen LogP contribution in [0.3, 0.4) is 0 Å². The third kappa shape index (κ3) is 5.24. The van der Waals surface area contributed by atoms with Crippen molar-refractivity contribution in [3.05, 3.63) is 46.4 Å². The Kier molecular flexibility index (Phi) is 6.55. The predicted molar refractivity (Wildman–Crippen MR) is 103 cm³/mol. The fourth-order valence-electron chi connectivity index (χ4n) is 2.91. The van der Waals surface area contributed by atoms with Gasteiger partial charge in [-0.1, -0.05) is 49.0 Å². The van der Waals surface area contributed by atoms with Crippen molar-refractivity contribution >= 4 is 17.7 Å². The molecule has 0 aliphatic heterocycles. The SMILES string of the molecule is CCCN(CC1CC1)C(=O)CSc1n[nH]c(=O)n1CCc1ccccc1. The molecule has 1 aliphatic rings. The summed E-state index contributed by atoms with van der Waals surface area (Å²) in [5, 5.41) is 7.19. The highest BCUT2D eigenvalue weighted by Gasteiger charge is 2.26. The molecule has 0 atom stereocenters. The summed E-state index contributed by atoms with van der Waals surface area (Å²) < 4.78 is 1.62. The maximum Gasteiger partial charge on any atom is 0.343 e. The fraction of sp³-hybridized carbons (Fsp3) is 0.526. The van der Waals surface area contributed by atoms with Crippen molar-refractivity contribution in [2.24, 2.45) is 5.92 Å². The van der Waals surface area contributed by atoms with Gasteiger partial charge in [-0.05, 0) is 37.2 Å². The number of rotatable bonds is 10. The van der Waals surface area contributed by atoms with Gasteiger partial charge in [0.05, 0.1) is 5.75 Å². The first kappa shape index (κ1) is 18.8. The minimum absolute atomic E-state index is 0.133. The molecule has 1 aromatic carbocycles. The summed E-state index contributed by atoms with van der Waals surface area (Å²) in [6.07, 6.45) is 4.19. The molecule has 0 unspecified atom stereocenters. The number of aromatic nitrogens is 3. The van der Waals surface area contributed by atoms with Crippen LogP contribution in [0.15, 0.2) is 40.3 Å². The van der Waals surface area contributed by atoms with Gasteiger partial charge in [-0.2, -0.15) is 0 Å². The molecule has 140 valence electrons. The lowest BCUT2D eigenvalue weighted by molar-refractivity contribution is -0.128. The van der Waals surface area contributed by atoms with E-state index in [1.165, 1.54) is 30.2 Å². The van der Waals surface area contributed by atoms with Crippen molar-refractivity contribution in [3.8, 4) is 0 Å². The largest absolute Gasteiger partial charge is 0.343 e. The molecule has 7 heteroatoms. The second-order valence-electron chi connectivity index (χ2n) is 6.77. The van der Waals surface area contributed by atoms with Crippen LogP contribution in [-0.4, -0.2) is 44.4 Å². The summed E-state index contributed by atoms with van der Waals surface area (Å²) in [4.78, 5) is 26.5. The topological polar surface area (TPSA) is 71.0 Å². The standard InChI is InChI=1S/C19H26N4O2S/c1-2-11-22(13-16-8-9-16)17(24)14-26-19-21-20-18(25)23(19)12-10-15-6-4-3-5-7-15/h3-7,16H,2,8-14H2,1H3,(H,20,25). The van der Waals surface area contributed by atoms with Crippen LogP contribution in [-0.2, 0) is 17.8 Å². The molecule has 0 radical (unpaired) electrons. The van der Waals surface area contributed by atoms with E-state index >= 15 is 0 Å². The molecular formula is C19H26N4O2S. The van der Waals surface area contributed by atoms with Gasteiger partial charge in [0.1, 0.15) is 0 Å². The molecule has 1 amide bonds. The summed E-state index contributed by atoms with van der Waals surface area (Å²) in [5.74, 6) is 1.14. The number of carbonyl (C=O) groups is 1. The Hall–Kier alpha value is -2.02. The Morgan fingerprint density at radius 2 is 2.12 bits per heavy atom. The van der Waals surface area contributed by atoms with E-state index < -0.39 is 0 Å². The van der Waals surface area contributed by atoms with E-state index in [0.717, 1.165) is 25.9 Å². The molecule has 0 spiro atoms. The highest BCUT2D eigenvalue weighted by molar-refractivity contribution is 7.99. The number of benzene rings is 1. The second-order valence-corrected chi connectivity index (χ2v) is 7.71. The van der Waals surface area contributed by atoms with E-state index in [0.29, 0.717) is 23.4 Å². The zero-order valence-corrected chi connectivity index (χ0v) is 16.0. The zero-order chi connectivity index (χ0) is 18.4. The van der Waals surface area contributed by atoms with Crippen LogP contribution < -0.4 is 5.69 Å². The number of aryl methyl sites for hydroxylation is 1. The van der Waals surface area contributed by atoms with Gasteiger partial charge in [-0.15, -0.1) is 5.10 Å². The number of hydrogen-bond acceptors (Lipinski definition) is 4. The van der Waals surface area contributed by atoms with Crippen LogP contribution in [0, 0.1) is 5.92 Å². The number of nitrogens with one attached hydrogen (secondary N) is 1. The van der Waals surface area contributed by atoms with E-state index in [1.807, 2.05) is 35.2 Å². The number of thioether (sulfide) groups is 1. The van der Waals surface area contributed by atoms with Crippen molar-refractivity contribution in [2.75, 3.05) is 18.8 Å². The van der Waals surface area contributed by atoms with Crippen molar-refractivity contribution in [1.29, 1.82) is 0 Å². The van der Waals surface area contributed by atoms with Crippen LogP contribution in [0.25, 0.3) is 0 Å². The Labute approximate surface area is 158 Å². The Morgan fingerprint density at radius 1 is 1.35 bits per heavy atom. The summed E-state index contributed by atoms with van der Waals surface area (Å²) in [6.45, 7) is 4.32. The molecule has 6 nitrogen and oxygen atoms in total. The van der Waals surface area contributed by atoms with Crippen LogP contribution in [0.5, 0.6) is 0 Å². The number of H-pyrrole nitrogens is 1. The average molecular weight is 375 g/mol. The molecule has 3 rings (SSSR count). The number of carbonyl (C=O) groups excluding carboxylic acids is 1. The van der Waals surface area contributed by atoms with Crippen LogP contribution in [0.1, 0.15) is 31.7 Å². The highest BCUT2D eigenvalue weighted by Crippen LogP contribution is 2.30. The van der Waals surface area contributed by atoms with Gasteiger partial charge in [-0.3, -0.25) is 9.36 Å². The number of aromatic amines is 1. The lowest BCUT2D eigenvalue weighted by atomic mass is 10.1. The molecule has 1 N–H and O–H groups in total.